The molecule has 0 bridgehead atoms. The first-order valence-electron chi connectivity index (χ1n) is 10.5. The Labute approximate surface area is 207 Å². The summed E-state index contributed by atoms with van der Waals surface area (Å²) < 4.78 is 28.0. The molecule has 0 unspecified atom stereocenters. The normalized spacial score (nSPS) is 14.7. The molecule has 0 spiro atoms. The van der Waals surface area contributed by atoms with Crippen LogP contribution in [-0.4, -0.2) is 63.0 Å². The number of aryl methyl sites for hydroxylation is 3. The van der Waals surface area contributed by atoms with E-state index in [1.807, 2.05) is 32.0 Å². The minimum atomic E-state index is -3.97. The van der Waals surface area contributed by atoms with Crippen LogP contribution in [0.5, 0.6) is 0 Å². The molecular formula is C23H29N3NaO3S. The zero-order chi connectivity index (χ0) is 21.5. The van der Waals surface area contributed by atoms with Crippen molar-refractivity contribution in [1.82, 2.24) is 9.62 Å². The van der Waals surface area contributed by atoms with Crippen LogP contribution in [0.15, 0.2) is 29.2 Å². The van der Waals surface area contributed by atoms with Crippen LogP contribution in [0.25, 0.3) is 0 Å². The Hall–Kier alpha value is -1.38. The second kappa shape index (κ2) is 9.63. The summed E-state index contributed by atoms with van der Waals surface area (Å²) in [5, 5.41) is 2.89. The quantitative estimate of drug-likeness (QED) is 0.686. The smallest absolute Gasteiger partial charge is 0.307 e. The van der Waals surface area contributed by atoms with Crippen molar-refractivity contribution < 1.29 is 13.2 Å². The zero-order valence-corrected chi connectivity index (χ0v) is 21.7. The molecule has 31 heavy (non-hydrogen) atoms. The van der Waals surface area contributed by atoms with Crippen LogP contribution in [0.2, 0.25) is 0 Å². The average molecular weight is 451 g/mol. The number of fused-ring (bicyclic) bond motifs is 2. The van der Waals surface area contributed by atoms with Gasteiger partial charge in [0, 0.05) is 41.8 Å². The van der Waals surface area contributed by atoms with Gasteiger partial charge in [0.1, 0.15) is 0 Å². The molecule has 2 aromatic rings. The Kier molecular flexibility index (Phi) is 7.54. The Morgan fingerprint density at radius 3 is 2.16 bits per heavy atom. The number of carbonyl (C=O) groups is 1. The Morgan fingerprint density at radius 2 is 1.58 bits per heavy atom. The van der Waals surface area contributed by atoms with E-state index in [2.05, 4.69) is 16.1 Å². The van der Waals surface area contributed by atoms with Gasteiger partial charge in [-0.1, -0.05) is 12.1 Å². The summed E-state index contributed by atoms with van der Waals surface area (Å²) >= 11 is 0. The number of benzene rings is 2. The predicted molar refractivity (Wildman–Crippen MR) is 124 cm³/mol. The van der Waals surface area contributed by atoms with Gasteiger partial charge >= 0.3 is 6.03 Å². The minimum absolute atomic E-state index is 0. The second-order valence-electron chi connectivity index (χ2n) is 8.69. The van der Waals surface area contributed by atoms with Gasteiger partial charge in [-0.05, 0) is 105 Å². The van der Waals surface area contributed by atoms with Crippen molar-refractivity contribution >= 4 is 51.3 Å². The van der Waals surface area contributed by atoms with Crippen LogP contribution < -0.4 is 10.0 Å². The molecule has 0 fully saturated rings. The van der Waals surface area contributed by atoms with Gasteiger partial charge in [0.15, 0.2) is 0 Å². The maximum Gasteiger partial charge on any atom is 0.333 e. The molecule has 0 aliphatic heterocycles. The summed E-state index contributed by atoms with van der Waals surface area (Å²) in [5.41, 5.74) is 7.50. The molecule has 2 N–H and O–H groups in total. The van der Waals surface area contributed by atoms with Gasteiger partial charge in [-0.2, -0.15) is 0 Å². The van der Waals surface area contributed by atoms with Crippen molar-refractivity contribution in [2.24, 2.45) is 0 Å². The first-order chi connectivity index (χ1) is 14.2. The Bertz CT molecular complexity index is 1080. The Morgan fingerprint density at radius 1 is 0.968 bits per heavy atom. The number of amides is 2. The van der Waals surface area contributed by atoms with E-state index in [4.69, 9.17) is 0 Å². The van der Waals surface area contributed by atoms with Crippen molar-refractivity contribution in [3.63, 3.8) is 0 Å². The fourth-order valence-electron chi connectivity index (χ4n) is 4.72. The number of nitrogens with zero attached hydrogens (tertiary/aromatic N) is 1. The van der Waals surface area contributed by atoms with E-state index in [1.54, 1.807) is 12.1 Å². The van der Waals surface area contributed by atoms with Crippen molar-refractivity contribution in [3.8, 4) is 0 Å². The van der Waals surface area contributed by atoms with Gasteiger partial charge in [0.05, 0.1) is 4.90 Å². The van der Waals surface area contributed by atoms with Crippen molar-refractivity contribution in [3.05, 3.63) is 57.6 Å². The molecule has 0 heterocycles. The zero-order valence-electron chi connectivity index (χ0n) is 18.8. The maximum absolute atomic E-state index is 12.9. The van der Waals surface area contributed by atoms with E-state index in [-0.39, 0.29) is 34.5 Å². The van der Waals surface area contributed by atoms with E-state index < -0.39 is 16.1 Å². The Balaban J connectivity index is 0.00000272. The number of anilines is 1. The number of hydrogen-bond donors (Lipinski definition) is 2. The number of hydrogen-bond acceptors (Lipinski definition) is 4. The second-order valence-corrected chi connectivity index (χ2v) is 10.4. The molecule has 2 aliphatic rings. The number of urea groups is 1. The summed E-state index contributed by atoms with van der Waals surface area (Å²) in [6, 6.07) is 6.76. The maximum atomic E-state index is 12.9. The van der Waals surface area contributed by atoms with Crippen molar-refractivity contribution in [2.75, 3.05) is 19.4 Å². The van der Waals surface area contributed by atoms with Crippen LogP contribution in [0.3, 0.4) is 0 Å². The van der Waals surface area contributed by atoms with Crippen LogP contribution in [-0.2, 0) is 42.3 Å². The van der Waals surface area contributed by atoms with E-state index in [9.17, 15) is 13.2 Å². The monoisotopic (exact) mass is 450 g/mol. The van der Waals surface area contributed by atoms with Crippen LogP contribution in [0.4, 0.5) is 10.5 Å². The summed E-state index contributed by atoms with van der Waals surface area (Å²) in [4.78, 5) is 14.8. The van der Waals surface area contributed by atoms with E-state index in [0.717, 1.165) is 55.3 Å². The van der Waals surface area contributed by atoms with Gasteiger partial charge in [-0.15, -0.1) is 0 Å². The standard InChI is InChI=1S/C23H29N3O3S.Na/c1-15-10-16(14-26(2)3)12-19(11-15)30(28,29)25-23(27)24-22-20-8-4-6-17(20)13-18-7-5-9-21(18)22;/h10-13H,4-9,14H2,1-3H3,(H2,24,25,27);. The van der Waals surface area contributed by atoms with Crippen LogP contribution in [0, 0.1) is 6.92 Å². The third kappa shape index (κ3) is 5.34. The SMILES string of the molecule is Cc1cc(CN(C)C)cc(S(=O)(=O)NC(=O)Nc2c3c(cc4c2CCC4)CCC3)c1.[Na]. The molecule has 6 nitrogen and oxygen atoms in total. The molecule has 8 heteroatoms. The fourth-order valence-corrected chi connectivity index (χ4v) is 5.78. The molecule has 1 radical (unpaired) electrons. The number of rotatable bonds is 5. The van der Waals surface area contributed by atoms with E-state index in [1.165, 1.54) is 22.3 Å². The summed E-state index contributed by atoms with van der Waals surface area (Å²) in [6.45, 7) is 2.48. The fraction of sp³-hybridized carbons (Fsp3) is 0.435. The predicted octanol–water partition coefficient (Wildman–Crippen LogP) is 3.16. The van der Waals surface area contributed by atoms with Crippen LogP contribution >= 0.6 is 0 Å². The van der Waals surface area contributed by atoms with Gasteiger partial charge in [0.2, 0.25) is 0 Å². The first-order valence-corrected chi connectivity index (χ1v) is 12.0. The largest absolute Gasteiger partial charge is 0.333 e. The van der Waals surface area contributed by atoms with Crippen LogP contribution in [0.1, 0.15) is 46.2 Å². The molecular weight excluding hydrogens is 421 g/mol. The van der Waals surface area contributed by atoms with E-state index >= 15 is 0 Å². The molecule has 2 aromatic carbocycles. The molecule has 0 saturated carbocycles. The molecule has 161 valence electrons. The summed E-state index contributed by atoms with van der Waals surface area (Å²) in [6.07, 6.45) is 6.05. The molecule has 0 saturated heterocycles. The molecule has 0 atom stereocenters. The number of carbonyl (C=O) groups excluding carboxylic acids is 1. The third-order valence-electron chi connectivity index (χ3n) is 5.86. The van der Waals surface area contributed by atoms with Crippen molar-refractivity contribution in [2.45, 2.75) is 56.9 Å². The third-order valence-corrected chi connectivity index (χ3v) is 7.17. The summed E-state index contributed by atoms with van der Waals surface area (Å²) in [7, 11) is -0.110. The van der Waals surface area contributed by atoms with E-state index in [0.29, 0.717) is 6.54 Å². The van der Waals surface area contributed by atoms with Gasteiger partial charge in [0.25, 0.3) is 10.0 Å². The summed E-state index contributed by atoms with van der Waals surface area (Å²) in [5.74, 6) is 0. The molecule has 2 amide bonds. The average Bonchev–Trinajstić information content (AvgIpc) is 3.29. The number of nitrogens with one attached hydrogen (secondary N) is 2. The first kappa shape index (κ1) is 24.3. The van der Waals surface area contributed by atoms with Gasteiger partial charge < -0.3 is 10.2 Å². The molecule has 2 aliphatic carbocycles. The van der Waals surface area contributed by atoms with Crippen molar-refractivity contribution in [1.29, 1.82) is 0 Å². The van der Waals surface area contributed by atoms with Gasteiger partial charge in [-0.25, -0.2) is 17.9 Å². The molecule has 0 aromatic heterocycles. The number of sulfonamides is 1. The topological polar surface area (TPSA) is 78.5 Å². The minimum Gasteiger partial charge on any atom is -0.307 e. The molecule has 4 rings (SSSR count). The van der Waals surface area contributed by atoms with Gasteiger partial charge in [-0.3, -0.25) is 0 Å².